The first-order valence-corrected chi connectivity index (χ1v) is 3.67. The Morgan fingerprint density at radius 1 is 0.615 bits per heavy atom. The fraction of sp³-hybridized carbons (Fsp3) is 0.667. The van der Waals surface area contributed by atoms with E-state index >= 15 is 0 Å². The van der Waals surface area contributed by atoms with E-state index in [1.807, 2.05) is 0 Å². The van der Waals surface area contributed by atoms with Crippen LogP contribution in [0.1, 0.15) is 19.3 Å². The third-order valence-electron chi connectivity index (χ3n) is 0.387. The molecule has 0 aliphatic heterocycles. The minimum atomic E-state index is 0. The second kappa shape index (κ2) is 39.1. The van der Waals surface area contributed by atoms with Gasteiger partial charge in [0.05, 0.1) is 0 Å². The van der Waals surface area contributed by atoms with E-state index < -0.39 is 0 Å². The van der Waals surface area contributed by atoms with Crippen molar-refractivity contribution in [2.45, 2.75) is 19.3 Å². The van der Waals surface area contributed by atoms with Crippen LogP contribution in [0.15, 0.2) is 0 Å². The fourth-order valence-electron chi connectivity index (χ4n) is 0. The third kappa shape index (κ3) is 112. The molecule has 0 atom stereocenters. The number of aliphatic hydroxyl groups excluding tert-OH is 3. The summed E-state index contributed by atoms with van der Waals surface area (Å²) in [6, 6.07) is 0. The Morgan fingerprint density at radius 3 is 0.692 bits per heavy atom. The van der Waals surface area contributed by atoms with Gasteiger partial charge in [0.2, 0.25) is 0 Å². The van der Waals surface area contributed by atoms with Crippen molar-refractivity contribution < 1.29 is 34.8 Å². The molecule has 0 saturated heterocycles. The smallest absolute Gasteiger partial charge is 0.0433 e. The number of hydrogen-bond donors (Lipinski definition) is 3. The Bertz CT molecular complexity index is 30.3. The molecule has 0 spiro atoms. The van der Waals surface area contributed by atoms with Gasteiger partial charge in [0, 0.05) is 39.3 Å². The van der Waals surface area contributed by atoms with Crippen LogP contribution in [0.5, 0.6) is 0 Å². The molecule has 0 aromatic heterocycles. The first-order chi connectivity index (χ1) is 5.74. The van der Waals surface area contributed by atoms with E-state index in [0.29, 0.717) is 19.3 Å². The van der Waals surface area contributed by atoms with Crippen molar-refractivity contribution in [1.82, 2.24) is 0 Å². The van der Waals surface area contributed by atoms with Gasteiger partial charge < -0.3 is 15.3 Å². The van der Waals surface area contributed by atoms with Gasteiger partial charge in [-0.1, -0.05) is 0 Å². The molecule has 81 valence electrons. The zero-order chi connectivity index (χ0) is 10.2. The summed E-state index contributed by atoms with van der Waals surface area (Å²) in [6.45, 7) is 14.6. The van der Waals surface area contributed by atoms with Crippen LogP contribution in [0.25, 0.3) is 0 Å². The fourth-order valence-corrected chi connectivity index (χ4v) is 0. The topological polar surface area (TPSA) is 60.7 Å². The Hall–Kier alpha value is 0.503. The SMILES string of the molecule is [CH]CCO.[CH]CCO.[CH]CCO.[Rh]. The van der Waals surface area contributed by atoms with Crippen LogP contribution in [-0.4, -0.2) is 35.1 Å². The van der Waals surface area contributed by atoms with E-state index in [2.05, 4.69) is 0 Å². The molecule has 0 saturated carbocycles. The van der Waals surface area contributed by atoms with Gasteiger partial charge in [0.15, 0.2) is 0 Å². The molecule has 0 bridgehead atoms. The molecule has 0 unspecified atom stereocenters. The number of hydrogen-bond acceptors (Lipinski definition) is 3. The van der Waals surface area contributed by atoms with Gasteiger partial charge >= 0.3 is 0 Å². The van der Waals surface area contributed by atoms with E-state index in [0.717, 1.165) is 0 Å². The summed E-state index contributed by atoms with van der Waals surface area (Å²) in [4.78, 5) is 0. The van der Waals surface area contributed by atoms with E-state index in [4.69, 9.17) is 36.1 Å². The summed E-state index contributed by atoms with van der Waals surface area (Å²) in [5.41, 5.74) is 0. The summed E-state index contributed by atoms with van der Waals surface area (Å²) >= 11 is 0. The maximum atomic E-state index is 7.75. The molecular formula is C9H18O3Rh. The Morgan fingerprint density at radius 2 is 0.692 bits per heavy atom. The van der Waals surface area contributed by atoms with Crippen molar-refractivity contribution in [3.63, 3.8) is 0 Å². The van der Waals surface area contributed by atoms with Crippen LogP contribution in [0.4, 0.5) is 0 Å². The summed E-state index contributed by atoms with van der Waals surface area (Å²) in [5.74, 6) is 0. The monoisotopic (exact) mass is 277 g/mol. The summed E-state index contributed by atoms with van der Waals surface area (Å²) < 4.78 is 0. The van der Waals surface area contributed by atoms with Gasteiger partial charge in [0.1, 0.15) is 0 Å². The maximum Gasteiger partial charge on any atom is 0.0433 e. The number of aliphatic hydroxyl groups is 3. The van der Waals surface area contributed by atoms with Crippen LogP contribution < -0.4 is 0 Å². The van der Waals surface area contributed by atoms with Gasteiger partial charge in [-0.25, -0.2) is 0 Å². The predicted octanol–water partition coefficient (Wildman–Crippen LogP) is 0.237. The van der Waals surface area contributed by atoms with Crippen LogP contribution in [0, 0.1) is 20.8 Å². The average molecular weight is 277 g/mol. The summed E-state index contributed by atoms with van der Waals surface area (Å²) in [5, 5.41) is 23.2. The Balaban J connectivity index is -0.0000000450. The second-order valence-electron chi connectivity index (χ2n) is 1.54. The molecule has 0 aromatic rings. The van der Waals surface area contributed by atoms with Gasteiger partial charge in [0.25, 0.3) is 0 Å². The maximum absolute atomic E-state index is 7.75. The van der Waals surface area contributed by atoms with Gasteiger partial charge in [-0.05, 0) is 40.0 Å². The standard InChI is InChI=1S/3C3H6O.Rh/c3*1-2-3-4;/h3*1,4H,2-3H2;. The van der Waals surface area contributed by atoms with Crippen molar-refractivity contribution in [3.05, 3.63) is 20.8 Å². The molecule has 0 rings (SSSR count). The van der Waals surface area contributed by atoms with Crippen molar-refractivity contribution in [2.75, 3.05) is 19.8 Å². The largest absolute Gasteiger partial charge is 0.396 e. The summed E-state index contributed by atoms with van der Waals surface area (Å²) in [7, 11) is 0. The average Bonchev–Trinajstić information content (AvgIpc) is 2.18. The minimum Gasteiger partial charge on any atom is -0.396 e. The first-order valence-electron chi connectivity index (χ1n) is 3.67. The van der Waals surface area contributed by atoms with Crippen molar-refractivity contribution in [1.29, 1.82) is 0 Å². The molecule has 4 heteroatoms. The zero-order valence-corrected chi connectivity index (χ0v) is 9.29. The molecule has 0 heterocycles. The third-order valence-corrected chi connectivity index (χ3v) is 0.387. The molecular weight excluding hydrogens is 259 g/mol. The van der Waals surface area contributed by atoms with Crippen molar-refractivity contribution in [2.24, 2.45) is 0 Å². The molecule has 7 radical (unpaired) electrons. The predicted molar refractivity (Wildman–Crippen MR) is 48.0 cm³/mol. The van der Waals surface area contributed by atoms with E-state index in [1.54, 1.807) is 0 Å². The first kappa shape index (κ1) is 23.4. The Kier molecular flexibility index (Phi) is 70.3. The Labute approximate surface area is 94.9 Å². The van der Waals surface area contributed by atoms with Crippen LogP contribution in [0.3, 0.4) is 0 Å². The van der Waals surface area contributed by atoms with E-state index in [1.165, 1.54) is 0 Å². The quantitative estimate of drug-likeness (QED) is 0.647. The molecule has 13 heavy (non-hydrogen) atoms. The van der Waals surface area contributed by atoms with Gasteiger partial charge in [-0.2, -0.15) is 0 Å². The molecule has 0 aromatic carbocycles. The van der Waals surface area contributed by atoms with Gasteiger partial charge in [-0.3, -0.25) is 0 Å². The van der Waals surface area contributed by atoms with E-state index in [-0.39, 0.29) is 39.3 Å². The molecule has 0 amide bonds. The van der Waals surface area contributed by atoms with Crippen LogP contribution in [0.2, 0.25) is 0 Å². The van der Waals surface area contributed by atoms with Crippen LogP contribution >= 0.6 is 0 Å². The zero-order valence-electron chi connectivity index (χ0n) is 7.65. The molecule has 0 aliphatic carbocycles. The van der Waals surface area contributed by atoms with E-state index in [9.17, 15) is 0 Å². The minimum absolute atomic E-state index is 0. The number of rotatable bonds is 3. The molecule has 3 nitrogen and oxygen atoms in total. The second-order valence-corrected chi connectivity index (χ2v) is 1.54. The van der Waals surface area contributed by atoms with Crippen molar-refractivity contribution >= 4 is 0 Å². The molecule has 0 aliphatic rings. The van der Waals surface area contributed by atoms with Crippen molar-refractivity contribution in [3.8, 4) is 0 Å². The summed E-state index contributed by atoms with van der Waals surface area (Å²) in [6.07, 6.45) is 1.12. The van der Waals surface area contributed by atoms with Crippen LogP contribution in [-0.2, 0) is 19.5 Å². The van der Waals surface area contributed by atoms with Gasteiger partial charge in [-0.15, -0.1) is 0 Å². The normalized spacial score (nSPS) is 6.92. The molecule has 3 N–H and O–H groups in total. The molecule has 0 fully saturated rings.